The molecule has 1 N–H and O–H groups in total. The van der Waals surface area contributed by atoms with Crippen LogP contribution in [0.15, 0.2) is 6.33 Å². The minimum atomic E-state index is -0.399. The van der Waals surface area contributed by atoms with Crippen molar-refractivity contribution in [3.05, 3.63) is 29.1 Å². The van der Waals surface area contributed by atoms with Gasteiger partial charge in [0.15, 0.2) is 0 Å². The molecule has 0 aliphatic rings. The summed E-state index contributed by atoms with van der Waals surface area (Å²) in [5.74, 6) is 0.865. The van der Waals surface area contributed by atoms with E-state index in [1.807, 2.05) is 23.3 Å². The van der Waals surface area contributed by atoms with Gasteiger partial charge < -0.3 is 5.11 Å². The number of aryl methyl sites for hydroxylation is 3. The molecule has 0 bridgehead atoms. The van der Waals surface area contributed by atoms with Crippen molar-refractivity contribution in [2.24, 2.45) is 7.05 Å². The van der Waals surface area contributed by atoms with Crippen LogP contribution in [0.2, 0.25) is 0 Å². The lowest BCUT2D eigenvalue weighted by Crippen LogP contribution is -2.16. The second-order valence-corrected chi connectivity index (χ2v) is 5.57. The molecule has 0 amide bonds. The molecule has 0 saturated heterocycles. The van der Waals surface area contributed by atoms with Crippen LogP contribution < -0.4 is 0 Å². The van der Waals surface area contributed by atoms with Crippen molar-refractivity contribution >= 4 is 0 Å². The Morgan fingerprint density at radius 1 is 1.33 bits per heavy atom. The number of nitrogens with zero attached hydrogens (tertiary/aromatic N) is 5. The molecule has 116 valence electrons. The molecule has 6 heteroatoms. The molecule has 2 aromatic heterocycles. The summed E-state index contributed by atoms with van der Waals surface area (Å²) in [6.07, 6.45) is 4.29. The maximum absolute atomic E-state index is 10.3. The van der Waals surface area contributed by atoms with Gasteiger partial charge in [0.25, 0.3) is 0 Å². The van der Waals surface area contributed by atoms with Gasteiger partial charge in [0.05, 0.1) is 11.8 Å². The monoisotopic (exact) mass is 291 g/mol. The van der Waals surface area contributed by atoms with Crippen molar-refractivity contribution in [2.75, 3.05) is 0 Å². The van der Waals surface area contributed by atoms with Gasteiger partial charge in [0, 0.05) is 25.7 Å². The van der Waals surface area contributed by atoms with Crippen LogP contribution in [0.5, 0.6) is 0 Å². The average Bonchev–Trinajstić information content (AvgIpc) is 2.95. The highest BCUT2D eigenvalue weighted by atomic mass is 16.3. The molecule has 0 fully saturated rings. The number of rotatable bonds is 7. The number of hydrogen-bond donors (Lipinski definition) is 1. The number of aliphatic hydroxyl groups is 1. The summed E-state index contributed by atoms with van der Waals surface area (Å²) in [6.45, 7) is 7.05. The third kappa shape index (κ3) is 3.69. The van der Waals surface area contributed by atoms with Crippen LogP contribution in [0.1, 0.15) is 42.5 Å². The Balaban J connectivity index is 1.93. The van der Waals surface area contributed by atoms with Crippen LogP contribution in [-0.2, 0) is 26.4 Å². The number of aliphatic hydroxyl groups excluding tert-OH is 1. The summed E-state index contributed by atoms with van der Waals surface area (Å²) in [5, 5.41) is 18.9. The van der Waals surface area contributed by atoms with Gasteiger partial charge in [-0.05, 0) is 38.7 Å². The predicted octanol–water partition coefficient (Wildman–Crippen LogP) is 1.57. The zero-order valence-electron chi connectivity index (χ0n) is 13.4. The molecule has 0 aliphatic heterocycles. The van der Waals surface area contributed by atoms with E-state index in [0.717, 1.165) is 30.9 Å². The van der Waals surface area contributed by atoms with Crippen molar-refractivity contribution in [2.45, 2.75) is 59.1 Å². The van der Waals surface area contributed by atoms with Crippen molar-refractivity contribution in [1.82, 2.24) is 24.5 Å². The van der Waals surface area contributed by atoms with Crippen molar-refractivity contribution in [3.8, 4) is 0 Å². The summed E-state index contributed by atoms with van der Waals surface area (Å²) < 4.78 is 3.78. The quantitative estimate of drug-likeness (QED) is 0.841. The molecule has 0 aliphatic carbocycles. The van der Waals surface area contributed by atoms with Gasteiger partial charge in [0.1, 0.15) is 12.2 Å². The molecular weight excluding hydrogens is 266 g/mol. The molecule has 0 radical (unpaired) electrons. The molecule has 0 spiro atoms. The minimum absolute atomic E-state index is 0.399. The highest BCUT2D eigenvalue weighted by Crippen LogP contribution is 2.16. The van der Waals surface area contributed by atoms with E-state index in [-0.39, 0.29) is 0 Å². The van der Waals surface area contributed by atoms with E-state index in [1.54, 1.807) is 6.33 Å². The van der Waals surface area contributed by atoms with Gasteiger partial charge in [-0.2, -0.15) is 10.2 Å². The Labute approximate surface area is 125 Å². The van der Waals surface area contributed by atoms with Crippen LogP contribution in [0.4, 0.5) is 0 Å². The Morgan fingerprint density at radius 2 is 2.10 bits per heavy atom. The molecule has 0 aromatic carbocycles. The predicted molar refractivity (Wildman–Crippen MR) is 81.0 cm³/mol. The average molecular weight is 291 g/mol. The molecule has 0 saturated carbocycles. The molecule has 21 heavy (non-hydrogen) atoms. The van der Waals surface area contributed by atoms with Crippen molar-refractivity contribution in [1.29, 1.82) is 0 Å². The fourth-order valence-electron chi connectivity index (χ4n) is 2.65. The van der Waals surface area contributed by atoms with Crippen LogP contribution in [0, 0.1) is 13.8 Å². The Bertz CT molecular complexity index is 587. The lowest BCUT2D eigenvalue weighted by molar-refractivity contribution is 0.161. The summed E-state index contributed by atoms with van der Waals surface area (Å²) in [5.41, 5.74) is 3.47. The molecule has 1 atom stereocenters. The van der Waals surface area contributed by atoms with E-state index in [4.69, 9.17) is 0 Å². The second-order valence-electron chi connectivity index (χ2n) is 5.57. The van der Waals surface area contributed by atoms with E-state index in [1.165, 1.54) is 11.3 Å². The first kappa shape index (κ1) is 15.7. The van der Waals surface area contributed by atoms with Crippen LogP contribution in [0.25, 0.3) is 0 Å². The molecule has 2 heterocycles. The number of hydrogen-bond acceptors (Lipinski definition) is 4. The van der Waals surface area contributed by atoms with Crippen LogP contribution in [0.3, 0.4) is 0 Å². The smallest absolute Gasteiger partial charge is 0.138 e. The third-order valence-corrected chi connectivity index (χ3v) is 3.94. The van der Waals surface area contributed by atoms with E-state index >= 15 is 0 Å². The highest BCUT2D eigenvalue weighted by molar-refractivity contribution is 5.24. The van der Waals surface area contributed by atoms with E-state index in [2.05, 4.69) is 29.0 Å². The Morgan fingerprint density at radius 3 is 2.71 bits per heavy atom. The van der Waals surface area contributed by atoms with Gasteiger partial charge in [-0.25, -0.2) is 4.98 Å². The Hall–Kier alpha value is -1.69. The van der Waals surface area contributed by atoms with Gasteiger partial charge in [0.2, 0.25) is 0 Å². The van der Waals surface area contributed by atoms with E-state index < -0.39 is 6.10 Å². The molecule has 1 unspecified atom stereocenters. The molecule has 2 aromatic rings. The van der Waals surface area contributed by atoms with Gasteiger partial charge in [-0.1, -0.05) is 6.92 Å². The minimum Gasteiger partial charge on any atom is -0.393 e. The first-order valence-corrected chi connectivity index (χ1v) is 7.56. The SMILES string of the molecule is CCCn1ncnc1CC(O)CCc1c(C)nn(C)c1C. The maximum atomic E-state index is 10.3. The van der Waals surface area contributed by atoms with Crippen LogP contribution in [-0.4, -0.2) is 35.8 Å². The first-order valence-electron chi connectivity index (χ1n) is 7.56. The van der Waals surface area contributed by atoms with Crippen molar-refractivity contribution in [3.63, 3.8) is 0 Å². The normalized spacial score (nSPS) is 12.8. The van der Waals surface area contributed by atoms with Gasteiger partial charge in [-0.15, -0.1) is 0 Å². The standard InChI is InChI=1S/C15H25N5O/c1-5-8-20-15(16-10-17-20)9-13(21)6-7-14-11(2)18-19(4)12(14)3/h10,13,21H,5-9H2,1-4H3. The van der Waals surface area contributed by atoms with E-state index in [9.17, 15) is 5.11 Å². The second kappa shape index (κ2) is 6.85. The zero-order valence-corrected chi connectivity index (χ0v) is 13.4. The summed E-state index contributed by atoms with van der Waals surface area (Å²) in [7, 11) is 1.95. The van der Waals surface area contributed by atoms with Crippen molar-refractivity contribution < 1.29 is 5.11 Å². The zero-order chi connectivity index (χ0) is 15.4. The fraction of sp³-hybridized carbons (Fsp3) is 0.667. The summed E-state index contributed by atoms with van der Waals surface area (Å²) in [4.78, 5) is 4.24. The summed E-state index contributed by atoms with van der Waals surface area (Å²) >= 11 is 0. The lowest BCUT2D eigenvalue weighted by atomic mass is 10.0. The number of aromatic nitrogens is 5. The lowest BCUT2D eigenvalue weighted by Gasteiger charge is -2.11. The maximum Gasteiger partial charge on any atom is 0.138 e. The molecular formula is C15H25N5O. The van der Waals surface area contributed by atoms with E-state index in [0.29, 0.717) is 12.8 Å². The molecule has 6 nitrogen and oxygen atoms in total. The summed E-state index contributed by atoms with van der Waals surface area (Å²) in [6, 6.07) is 0. The van der Waals surface area contributed by atoms with Gasteiger partial charge >= 0.3 is 0 Å². The third-order valence-electron chi connectivity index (χ3n) is 3.94. The van der Waals surface area contributed by atoms with Gasteiger partial charge in [-0.3, -0.25) is 9.36 Å². The first-order chi connectivity index (χ1) is 10.0. The molecule has 2 rings (SSSR count). The largest absolute Gasteiger partial charge is 0.393 e. The Kier molecular flexibility index (Phi) is 5.12. The highest BCUT2D eigenvalue weighted by Gasteiger charge is 2.14. The van der Waals surface area contributed by atoms with Crippen LogP contribution >= 0.6 is 0 Å². The fourth-order valence-corrected chi connectivity index (χ4v) is 2.65. The topological polar surface area (TPSA) is 68.8 Å².